The maximum Gasteiger partial charge on any atom is 0.191 e. The number of hydrogen-bond donors (Lipinski definition) is 1. The second-order valence-corrected chi connectivity index (χ2v) is 5.46. The molecule has 0 atom stereocenters. The van der Waals surface area contributed by atoms with E-state index in [9.17, 15) is 0 Å². The second-order valence-electron chi connectivity index (χ2n) is 4.69. The molecule has 106 valence electrons. The summed E-state index contributed by atoms with van der Waals surface area (Å²) < 4.78 is 0. The summed E-state index contributed by atoms with van der Waals surface area (Å²) in [6.07, 6.45) is 1.98. The molecular weight excluding hydrogens is 268 g/mol. The summed E-state index contributed by atoms with van der Waals surface area (Å²) in [5.41, 5.74) is 2.55. The van der Waals surface area contributed by atoms with Gasteiger partial charge in [-0.25, -0.2) is 9.97 Å². The van der Waals surface area contributed by atoms with Crippen molar-refractivity contribution in [1.82, 2.24) is 9.97 Å². The Bertz CT molecular complexity index is 546. The first-order valence-corrected chi connectivity index (χ1v) is 7.72. The van der Waals surface area contributed by atoms with Crippen LogP contribution in [0, 0.1) is 6.92 Å². The molecule has 0 aliphatic heterocycles. The van der Waals surface area contributed by atoms with Gasteiger partial charge in [0.1, 0.15) is 11.6 Å². The third-order valence-corrected chi connectivity index (χ3v) is 3.61. The first kappa shape index (κ1) is 14.7. The molecule has 0 fully saturated rings. The molecule has 0 aliphatic carbocycles. The van der Waals surface area contributed by atoms with Crippen LogP contribution in [-0.4, -0.2) is 30.3 Å². The van der Waals surface area contributed by atoms with Crippen molar-refractivity contribution < 1.29 is 0 Å². The highest BCUT2D eigenvalue weighted by atomic mass is 32.2. The van der Waals surface area contributed by atoms with Gasteiger partial charge in [-0.2, -0.15) is 0 Å². The van der Waals surface area contributed by atoms with E-state index in [1.165, 1.54) is 11.1 Å². The molecule has 0 spiro atoms. The van der Waals surface area contributed by atoms with Gasteiger partial charge in [-0.05, 0) is 18.7 Å². The largest absolute Gasteiger partial charge is 0.373 e. The fraction of sp³-hybridized carbons (Fsp3) is 0.333. The number of nitrogens with one attached hydrogen (secondary N) is 1. The minimum Gasteiger partial charge on any atom is -0.373 e. The van der Waals surface area contributed by atoms with Gasteiger partial charge in [0.15, 0.2) is 5.16 Å². The molecule has 20 heavy (non-hydrogen) atoms. The highest BCUT2D eigenvalue weighted by Gasteiger charge is 2.08. The van der Waals surface area contributed by atoms with Crippen LogP contribution in [0.5, 0.6) is 0 Å². The van der Waals surface area contributed by atoms with E-state index >= 15 is 0 Å². The van der Waals surface area contributed by atoms with Crippen LogP contribution < -0.4 is 10.2 Å². The lowest BCUT2D eigenvalue weighted by atomic mass is 10.1. The van der Waals surface area contributed by atoms with Gasteiger partial charge >= 0.3 is 0 Å². The monoisotopic (exact) mass is 288 g/mol. The average Bonchev–Trinajstić information content (AvgIpc) is 2.48. The highest BCUT2D eigenvalue weighted by Crippen LogP contribution is 2.20. The number of aryl methyl sites for hydroxylation is 1. The fourth-order valence-corrected chi connectivity index (χ4v) is 2.25. The molecule has 0 bridgehead atoms. The standard InChI is InChI=1S/C15H20N4S/c1-11-5-7-12(8-6-11)10-19(3)14-9-13(16-2)17-15(18-14)20-4/h5-9H,10H2,1-4H3,(H,16,17,18). The molecule has 4 nitrogen and oxygen atoms in total. The van der Waals surface area contributed by atoms with Crippen molar-refractivity contribution in [2.24, 2.45) is 0 Å². The molecule has 0 unspecified atom stereocenters. The Morgan fingerprint density at radius 2 is 1.90 bits per heavy atom. The van der Waals surface area contributed by atoms with Crippen LogP contribution in [0.2, 0.25) is 0 Å². The van der Waals surface area contributed by atoms with Crippen LogP contribution in [0.25, 0.3) is 0 Å². The SMILES string of the molecule is CNc1cc(N(C)Cc2ccc(C)cc2)nc(SC)n1. The second kappa shape index (κ2) is 6.61. The number of nitrogens with zero attached hydrogens (tertiary/aromatic N) is 3. The molecule has 2 aromatic rings. The minimum absolute atomic E-state index is 0.780. The Balaban J connectivity index is 2.19. The smallest absolute Gasteiger partial charge is 0.191 e. The van der Waals surface area contributed by atoms with E-state index in [1.807, 2.05) is 26.4 Å². The summed E-state index contributed by atoms with van der Waals surface area (Å²) in [6, 6.07) is 10.5. The lowest BCUT2D eigenvalue weighted by molar-refractivity contribution is 0.858. The molecule has 0 saturated carbocycles. The molecule has 1 heterocycles. The number of rotatable bonds is 5. The van der Waals surface area contributed by atoms with E-state index < -0.39 is 0 Å². The lowest BCUT2D eigenvalue weighted by Crippen LogP contribution is -2.18. The summed E-state index contributed by atoms with van der Waals surface area (Å²) >= 11 is 1.55. The summed E-state index contributed by atoms with van der Waals surface area (Å²) in [6.45, 7) is 2.93. The first-order chi connectivity index (χ1) is 9.62. The number of aromatic nitrogens is 2. The molecule has 1 aromatic carbocycles. The minimum atomic E-state index is 0.780. The predicted octanol–water partition coefficient (Wildman–Crippen LogP) is 3.19. The Hall–Kier alpha value is -1.75. The summed E-state index contributed by atoms with van der Waals surface area (Å²) in [4.78, 5) is 11.1. The Labute approximate surface area is 124 Å². The van der Waals surface area contributed by atoms with E-state index in [-0.39, 0.29) is 0 Å². The van der Waals surface area contributed by atoms with Gasteiger partial charge in [0.25, 0.3) is 0 Å². The van der Waals surface area contributed by atoms with Gasteiger partial charge in [-0.3, -0.25) is 0 Å². The molecule has 2 rings (SSSR count). The quantitative estimate of drug-likeness (QED) is 0.676. The van der Waals surface area contributed by atoms with E-state index in [4.69, 9.17) is 0 Å². The van der Waals surface area contributed by atoms with Crippen molar-refractivity contribution in [3.8, 4) is 0 Å². The Morgan fingerprint density at radius 1 is 1.20 bits per heavy atom. The van der Waals surface area contributed by atoms with Gasteiger partial charge in [0.05, 0.1) is 0 Å². The number of benzene rings is 1. The van der Waals surface area contributed by atoms with E-state index in [2.05, 4.69) is 51.4 Å². The van der Waals surface area contributed by atoms with Crippen LogP contribution in [0.15, 0.2) is 35.5 Å². The maximum atomic E-state index is 4.55. The third kappa shape index (κ3) is 3.63. The predicted molar refractivity (Wildman–Crippen MR) is 86.6 cm³/mol. The van der Waals surface area contributed by atoms with Crippen LogP contribution >= 0.6 is 11.8 Å². The topological polar surface area (TPSA) is 41.0 Å². The van der Waals surface area contributed by atoms with Crippen LogP contribution in [0.1, 0.15) is 11.1 Å². The molecule has 5 heteroatoms. The number of anilines is 2. The van der Waals surface area contributed by atoms with Crippen LogP contribution in [0.4, 0.5) is 11.6 Å². The van der Waals surface area contributed by atoms with Crippen LogP contribution in [0.3, 0.4) is 0 Å². The van der Waals surface area contributed by atoms with Gasteiger partial charge in [-0.15, -0.1) is 0 Å². The van der Waals surface area contributed by atoms with Crippen molar-refractivity contribution in [2.75, 3.05) is 30.6 Å². The van der Waals surface area contributed by atoms with Crippen molar-refractivity contribution in [2.45, 2.75) is 18.6 Å². The molecule has 0 radical (unpaired) electrons. The third-order valence-electron chi connectivity index (χ3n) is 3.06. The zero-order valence-corrected chi connectivity index (χ0v) is 13.2. The first-order valence-electron chi connectivity index (χ1n) is 6.50. The Morgan fingerprint density at radius 3 is 2.50 bits per heavy atom. The van der Waals surface area contributed by atoms with E-state index in [1.54, 1.807) is 11.8 Å². The summed E-state index contributed by atoms with van der Waals surface area (Å²) in [5, 5.41) is 3.86. The van der Waals surface area contributed by atoms with Crippen molar-refractivity contribution in [1.29, 1.82) is 0 Å². The van der Waals surface area contributed by atoms with E-state index in [0.29, 0.717) is 0 Å². The fourth-order valence-electron chi connectivity index (χ4n) is 1.88. The normalized spacial score (nSPS) is 10.4. The highest BCUT2D eigenvalue weighted by molar-refractivity contribution is 7.98. The summed E-state index contributed by atoms with van der Waals surface area (Å²) in [7, 11) is 3.92. The maximum absolute atomic E-state index is 4.55. The molecule has 0 amide bonds. The molecule has 1 aromatic heterocycles. The average molecular weight is 288 g/mol. The lowest BCUT2D eigenvalue weighted by Gasteiger charge is -2.19. The molecule has 0 saturated heterocycles. The van der Waals surface area contributed by atoms with Gasteiger partial charge in [0.2, 0.25) is 0 Å². The van der Waals surface area contributed by atoms with Gasteiger partial charge < -0.3 is 10.2 Å². The summed E-state index contributed by atoms with van der Waals surface area (Å²) in [5.74, 6) is 1.77. The van der Waals surface area contributed by atoms with Gasteiger partial charge in [-0.1, -0.05) is 41.6 Å². The zero-order chi connectivity index (χ0) is 14.5. The zero-order valence-electron chi connectivity index (χ0n) is 12.3. The van der Waals surface area contributed by atoms with Gasteiger partial charge in [0, 0.05) is 26.7 Å². The van der Waals surface area contributed by atoms with Crippen LogP contribution in [-0.2, 0) is 6.54 Å². The van der Waals surface area contributed by atoms with Crippen molar-refractivity contribution in [3.63, 3.8) is 0 Å². The van der Waals surface area contributed by atoms with E-state index in [0.717, 1.165) is 23.3 Å². The van der Waals surface area contributed by atoms with Crippen molar-refractivity contribution in [3.05, 3.63) is 41.5 Å². The van der Waals surface area contributed by atoms with Crippen molar-refractivity contribution >= 4 is 23.4 Å². The molecule has 0 aliphatic rings. The Kier molecular flexibility index (Phi) is 4.84. The number of thioether (sulfide) groups is 1. The molecular formula is C15H20N4S. The molecule has 1 N–H and O–H groups in total. The number of hydrogen-bond acceptors (Lipinski definition) is 5.